The molecule has 1 heterocycles. The van der Waals surface area contributed by atoms with Gasteiger partial charge in [0.05, 0.1) is 0 Å². The molecule has 0 amide bonds. The Balaban J connectivity index is 1.51. The lowest BCUT2D eigenvalue weighted by atomic mass is 9.80. The van der Waals surface area contributed by atoms with Gasteiger partial charge in [-0.3, -0.25) is 0 Å². The normalized spacial score (nSPS) is 17.4. The highest BCUT2D eigenvalue weighted by atomic mass is 32.2. The molecule has 0 spiro atoms. The maximum absolute atomic E-state index is 13.1. The third-order valence-corrected chi connectivity index (χ3v) is 7.01. The Morgan fingerprint density at radius 1 is 0.875 bits per heavy atom. The fourth-order valence-electron chi connectivity index (χ4n) is 4.21. The Bertz CT molecular complexity index is 1270. The van der Waals surface area contributed by atoms with Crippen molar-refractivity contribution in [3.05, 3.63) is 114 Å². The summed E-state index contributed by atoms with van der Waals surface area (Å²) in [6.45, 7) is 0. The monoisotopic (exact) mass is 455 g/mol. The molecule has 5 heteroatoms. The SMILES string of the molecule is O=C1Oc2ccc3ccccc3c2[C@H](c2ccccc2)[C@@H]1NC(=S)SCc1ccccc1. The molecule has 0 aliphatic carbocycles. The number of nitrogens with one attached hydrogen (secondary N) is 1. The molecule has 0 radical (unpaired) electrons. The van der Waals surface area contributed by atoms with Crippen LogP contribution < -0.4 is 10.1 Å². The van der Waals surface area contributed by atoms with Crippen LogP contribution in [0, 0.1) is 0 Å². The number of carbonyl (C=O) groups is 1. The van der Waals surface area contributed by atoms with E-state index in [0.717, 1.165) is 27.7 Å². The Morgan fingerprint density at radius 2 is 1.56 bits per heavy atom. The van der Waals surface area contributed by atoms with Gasteiger partial charge in [0.2, 0.25) is 0 Å². The highest BCUT2D eigenvalue weighted by Gasteiger charge is 2.40. The predicted molar refractivity (Wildman–Crippen MR) is 135 cm³/mol. The van der Waals surface area contributed by atoms with Crippen LogP contribution in [0.5, 0.6) is 5.75 Å². The lowest BCUT2D eigenvalue weighted by Crippen LogP contribution is -2.48. The summed E-state index contributed by atoms with van der Waals surface area (Å²) in [6.07, 6.45) is 0. The number of benzene rings is 4. The summed E-state index contributed by atoms with van der Waals surface area (Å²) >= 11 is 7.15. The van der Waals surface area contributed by atoms with Crippen molar-refractivity contribution in [2.45, 2.75) is 17.7 Å². The average Bonchev–Trinajstić information content (AvgIpc) is 2.84. The molecule has 1 aliphatic heterocycles. The van der Waals surface area contributed by atoms with Crippen molar-refractivity contribution < 1.29 is 9.53 Å². The van der Waals surface area contributed by atoms with E-state index in [2.05, 4.69) is 41.7 Å². The van der Waals surface area contributed by atoms with Crippen molar-refractivity contribution in [3.63, 3.8) is 0 Å². The first kappa shape index (κ1) is 20.7. The van der Waals surface area contributed by atoms with Crippen LogP contribution in [-0.2, 0) is 10.5 Å². The van der Waals surface area contributed by atoms with Crippen LogP contribution in [0.25, 0.3) is 10.8 Å². The highest BCUT2D eigenvalue weighted by molar-refractivity contribution is 8.22. The van der Waals surface area contributed by atoms with Gasteiger partial charge < -0.3 is 10.1 Å². The summed E-state index contributed by atoms with van der Waals surface area (Å²) in [6, 6.07) is 31.7. The van der Waals surface area contributed by atoms with Crippen molar-refractivity contribution in [2.75, 3.05) is 0 Å². The summed E-state index contributed by atoms with van der Waals surface area (Å²) in [7, 11) is 0. The number of fused-ring (bicyclic) bond motifs is 3. The number of carbonyl (C=O) groups excluding carboxylic acids is 1. The fraction of sp³-hybridized carbons (Fsp3) is 0.111. The minimum Gasteiger partial charge on any atom is -0.425 e. The topological polar surface area (TPSA) is 38.3 Å². The van der Waals surface area contributed by atoms with Crippen LogP contribution in [0.1, 0.15) is 22.6 Å². The predicted octanol–water partition coefficient (Wildman–Crippen LogP) is 6.07. The van der Waals surface area contributed by atoms with E-state index in [0.29, 0.717) is 10.1 Å². The van der Waals surface area contributed by atoms with E-state index in [1.807, 2.05) is 60.7 Å². The molecule has 4 aromatic carbocycles. The van der Waals surface area contributed by atoms with Crippen LogP contribution in [-0.4, -0.2) is 16.3 Å². The zero-order valence-corrected chi connectivity index (χ0v) is 18.9. The first-order valence-electron chi connectivity index (χ1n) is 10.5. The van der Waals surface area contributed by atoms with Crippen LogP contribution in [0.4, 0.5) is 0 Å². The van der Waals surface area contributed by atoms with E-state index in [9.17, 15) is 4.79 Å². The van der Waals surface area contributed by atoms with Crippen molar-refractivity contribution in [1.82, 2.24) is 5.32 Å². The molecule has 32 heavy (non-hydrogen) atoms. The smallest absolute Gasteiger partial charge is 0.334 e. The van der Waals surface area contributed by atoms with Gasteiger partial charge in [-0.05, 0) is 28.0 Å². The van der Waals surface area contributed by atoms with Gasteiger partial charge in [-0.25, -0.2) is 4.79 Å². The first-order chi connectivity index (χ1) is 15.7. The fourth-order valence-corrected chi connectivity index (χ4v) is 5.22. The molecular weight excluding hydrogens is 434 g/mol. The third kappa shape index (κ3) is 4.14. The minimum absolute atomic E-state index is 0.214. The van der Waals surface area contributed by atoms with Crippen molar-refractivity contribution >= 4 is 45.0 Å². The molecule has 0 bridgehead atoms. The number of hydrogen-bond acceptors (Lipinski definition) is 4. The molecule has 0 saturated heterocycles. The Kier molecular flexibility index (Phi) is 5.93. The summed E-state index contributed by atoms with van der Waals surface area (Å²) in [4.78, 5) is 13.1. The molecule has 0 aromatic heterocycles. The Morgan fingerprint density at radius 3 is 2.34 bits per heavy atom. The van der Waals surface area contributed by atoms with E-state index in [1.54, 1.807) is 0 Å². The van der Waals surface area contributed by atoms with Crippen LogP contribution in [0.2, 0.25) is 0 Å². The van der Waals surface area contributed by atoms with Crippen LogP contribution in [0.3, 0.4) is 0 Å². The molecule has 158 valence electrons. The molecule has 2 atom stereocenters. The lowest BCUT2D eigenvalue weighted by Gasteiger charge is -2.34. The van der Waals surface area contributed by atoms with Gasteiger partial charge in [-0.2, -0.15) is 0 Å². The number of esters is 1. The number of rotatable bonds is 4. The van der Waals surface area contributed by atoms with Crippen LogP contribution in [0.15, 0.2) is 97.1 Å². The zero-order valence-electron chi connectivity index (χ0n) is 17.2. The van der Waals surface area contributed by atoms with Gasteiger partial charge in [0.15, 0.2) is 0 Å². The van der Waals surface area contributed by atoms with Gasteiger partial charge in [0.1, 0.15) is 16.1 Å². The van der Waals surface area contributed by atoms with Gasteiger partial charge in [-0.1, -0.05) is 115 Å². The van der Waals surface area contributed by atoms with Crippen molar-refractivity contribution in [1.29, 1.82) is 0 Å². The van der Waals surface area contributed by atoms with Gasteiger partial charge >= 0.3 is 5.97 Å². The molecule has 0 unspecified atom stereocenters. The summed E-state index contributed by atoms with van der Waals surface area (Å²) in [5.74, 6) is 0.825. The van der Waals surface area contributed by atoms with E-state index < -0.39 is 6.04 Å². The largest absolute Gasteiger partial charge is 0.425 e. The standard InChI is InChI=1S/C27H21NO2S2/c29-26-25(28-27(31)32-17-18-9-3-1-4-10-18)23(20-12-5-2-6-13-20)24-21-14-8-7-11-19(21)15-16-22(24)30-26/h1-16,23,25H,17H2,(H,28,31)/t23-,25-/m0/s1. The molecule has 4 aromatic rings. The van der Waals surface area contributed by atoms with E-state index in [1.165, 1.54) is 17.3 Å². The van der Waals surface area contributed by atoms with E-state index in [-0.39, 0.29) is 11.9 Å². The van der Waals surface area contributed by atoms with Gasteiger partial charge in [-0.15, -0.1) is 0 Å². The van der Waals surface area contributed by atoms with E-state index in [4.69, 9.17) is 17.0 Å². The summed E-state index contributed by atoms with van der Waals surface area (Å²) in [5.41, 5.74) is 3.25. The van der Waals surface area contributed by atoms with Gasteiger partial charge in [0.25, 0.3) is 0 Å². The highest BCUT2D eigenvalue weighted by Crippen LogP contribution is 2.43. The summed E-state index contributed by atoms with van der Waals surface area (Å²) < 4.78 is 6.38. The molecular formula is C27H21NO2S2. The van der Waals surface area contributed by atoms with Crippen molar-refractivity contribution in [2.24, 2.45) is 0 Å². The quantitative estimate of drug-likeness (QED) is 0.230. The third-order valence-electron chi connectivity index (χ3n) is 5.68. The van der Waals surface area contributed by atoms with Crippen molar-refractivity contribution in [3.8, 4) is 5.75 Å². The van der Waals surface area contributed by atoms with Gasteiger partial charge in [0, 0.05) is 17.2 Å². The first-order valence-corrected chi connectivity index (χ1v) is 11.9. The molecule has 3 nitrogen and oxygen atoms in total. The zero-order chi connectivity index (χ0) is 21.9. The number of thiocarbonyl (C=S) groups is 1. The molecule has 0 fully saturated rings. The molecule has 1 aliphatic rings. The second-order valence-corrected chi connectivity index (χ2v) is 9.34. The Hall–Kier alpha value is -3.15. The Labute approximate surface area is 196 Å². The number of hydrogen-bond donors (Lipinski definition) is 1. The lowest BCUT2D eigenvalue weighted by molar-refractivity contribution is -0.137. The number of thioether (sulfide) groups is 1. The minimum atomic E-state index is -0.605. The maximum Gasteiger partial charge on any atom is 0.334 e. The summed E-state index contributed by atoms with van der Waals surface area (Å²) in [5, 5.41) is 5.51. The average molecular weight is 456 g/mol. The maximum atomic E-state index is 13.1. The second-order valence-electron chi connectivity index (χ2n) is 7.69. The van der Waals surface area contributed by atoms with Crippen LogP contribution >= 0.6 is 24.0 Å². The molecule has 1 N–H and O–H groups in total. The molecule has 5 rings (SSSR count). The number of ether oxygens (including phenoxy) is 1. The molecule has 0 saturated carbocycles. The van der Waals surface area contributed by atoms with E-state index >= 15 is 0 Å². The second kappa shape index (κ2) is 9.15.